The summed E-state index contributed by atoms with van der Waals surface area (Å²) >= 11 is -0.837. The molecule has 5 rings (SSSR count). The van der Waals surface area contributed by atoms with Crippen molar-refractivity contribution >= 4 is 37.8 Å². The van der Waals surface area contributed by atoms with Crippen LogP contribution < -0.4 is 9.80 Å². The molecule has 0 radical (unpaired) electrons. The maximum atomic E-state index is 12.1. The fourth-order valence-corrected chi connectivity index (χ4v) is 6.90. The fraction of sp³-hybridized carbons (Fsp3) is 0.296. The Kier molecular flexibility index (Phi) is 6.38. The average molecular weight is 561 g/mol. The van der Waals surface area contributed by atoms with Gasteiger partial charge in [0.25, 0.3) is 0 Å². The number of anilines is 2. The second kappa shape index (κ2) is 9.39. The topological polar surface area (TPSA) is 123 Å². The number of fused-ring (bicyclic) bond motifs is 1. The quantitative estimate of drug-likeness (QED) is 0.258. The molecule has 9 nitrogen and oxygen atoms in total. The molecule has 4 aromatic rings. The van der Waals surface area contributed by atoms with Crippen LogP contribution in [-0.4, -0.2) is 46.9 Å². The van der Waals surface area contributed by atoms with Gasteiger partial charge in [-0.3, -0.25) is 0 Å². The van der Waals surface area contributed by atoms with Crippen molar-refractivity contribution in [2.24, 2.45) is 0 Å². The Bertz CT molecular complexity index is 1490. The van der Waals surface area contributed by atoms with Gasteiger partial charge in [0.05, 0.1) is 0 Å². The van der Waals surface area contributed by atoms with Crippen LogP contribution in [0.5, 0.6) is 0 Å². The van der Waals surface area contributed by atoms with Crippen molar-refractivity contribution in [3.05, 3.63) is 76.7 Å². The summed E-state index contributed by atoms with van der Waals surface area (Å²) in [6.45, 7) is 9.09. The number of nitrogens with zero attached hydrogens (tertiary/aromatic N) is 4. The number of cyclic esters (lactones) is 1. The summed E-state index contributed by atoms with van der Waals surface area (Å²) in [5.41, 5.74) is 3.19. The molecular formula is C27H28AsN5O4. The Morgan fingerprint density at radius 1 is 1.11 bits per heavy atom. The molecule has 0 amide bonds. The summed E-state index contributed by atoms with van der Waals surface area (Å²) in [5.74, 6) is 1.03. The molecule has 190 valence electrons. The summed E-state index contributed by atoms with van der Waals surface area (Å²) in [6, 6.07) is 13.4. The molecule has 0 saturated heterocycles. The Hall–Kier alpha value is -3.55. The normalized spacial score (nSPS) is 14.7. The van der Waals surface area contributed by atoms with Gasteiger partial charge in [-0.1, -0.05) is 0 Å². The third-order valence-electron chi connectivity index (χ3n) is 6.16. The first-order chi connectivity index (χ1) is 17.5. The van der Waals surface area contributed by atoms with Crippen LogP contribution in [0, 0.1) is 6.92 Å². The van der Waals surface area contributed by atoms with Crippen molar-refractivity contribution in [1.29, 1.82) is 0 Å². The Balaban J connectivity index is 1.47. The molecule has 0 bridgehead atoms. The number of nitrogens with one attached hydrogen (secondary N) is 1. The van der Waals surface area contributed by atoms with Gasteiger partial charge in [0.2, 0.25) is 0 Å². The average Bonchev–Trinajstić information content (AvgIpc) is 3.37. The van der Waals surface area contributed by atoms with Gasteiger partial charge >= 0.3 is 222 Å². The van der Waals surface area contributed by atoms with E-state index < -0.39 is 27.0 Å². The summed E-state index contributed by atoms with van der Waals surface area (Å²) in [5, 5.41) is 18.6. The van der Waals surface area contributed by atoms with Gasteiger partial charge in [0.15, 0.2) is 0 Å². The van der Waals surface area contributed by atoms with E-state index in [-0.39, 0.29) is 5.97 Å². The SMILES string of the molecule is Cc1noc(-c2cnc(Nc3ccc4c(c3)C(C)(C)OC4=O)nc2[AsH]Cc2ccccc2C(C)(C)O)n1. The van der Waals surface area contributed by atoms with Crippen molar-refractivity contribution in [2.75, 3.05) is 5.32 Å². The third kappa shape index (κ3) is 5.15. The number of rotatable bonds is 7. The number of carbonyl (C=O) groups excluding carboxylic acids is 1. The Labute approximate surface area is 221 Å². The number of hydrogen-bond acceptors (Lipinski definition) is 9. The van der Waals surface area contributed by atoms with Crippen molar-refractivity contribution in [2.45, 2.75) is 51.0 Å². The van der Waals surface area contributed by atoms with E-state index in [0.717, 1.165) is 32.1 Å². The zero-order valence-corrected chi connectivity index (χ0v) is 23.4. The predicted molar refractivity (Wildman–Crippen MR) is 140 cm³/mol. The molecule has 0 aliphatic carbocycles. The molecule has 0 fully saturated rings. The fourth-order valence-electron chi connectivity index (χ4n) is 4.36. The molecule has 10 heteroatoms. The van der Waals surface area contributed by atoms with Crippen LogP contribution in [-0.2, 0) is 21.1 Å². The van der Waals surface area contributed by atoms with E-state index in [2.05, 4.69) is 20.4 Å². The van der Waals surface area contributed by atoms with Crippen LogP contribution in [0.2, 0.25) is 0 Å². The molecule has 37 heavy (non-hydrogen) atoms. The van der Waals surface area contributed by atoms with Gasteiger partial charge in [-0.05, 0) is 0 Å². The Morgan fingerprint density at radius 2 is 1.89 bits per heavy atom. The summed E-state index contributed by atoms with van der Waals surface area (Å²) in [6.07, 6.45) is 1.70. The number of esters is 1. The summed E-state index contributed by atoms with van der Waals surface area (Å²) in [4.78, 5) is 25.9. The number of ether oxygens (including phenoxy) is 1. The van der Waals surface area contributed by atoms with E-state index in [4.69, 9.17) is 14.2 Å². The van der Waals surface area contributed by atoms with Crippen LogP contribution in [0.25, 0.3) is 11.5 Å². The molecule has 0 saturated carbocycles. The van der Waals surface area contributed by atoms with Gasteiger partial charge < -0.3 is 0 Å². The van der Waals surface area contributed by atoms with Crippen molar-refractivity contribution in [3.8, 4) is 11.5 Å². The first-order valence-electron chi connectivity index (χ1n) is 11.9. The van der Waals surface area contributed by atoms with Gasteiger partial charge in [-0.25, -0.2) is 0 Å². The van der Waals surface area contributed by atoms with Gasteiger partial charge in [-0.2, -0.15) is 0 Å². The maximum absolute atomic E-state index is 12.1. The molecule has 2 N–H and O–H groups in total. The molecule has 2 aromatic carbocycles. The van der Waals surface area contributed by atoms with Crippen LogP contribution in [0.3, 0.4) is 0 Å². The van der Waals surface area contributed by atoms with E-state index in [1.165, 1.54) is 0 Å². The van der Waals surface area contributed by atoms with Crippen LogP contribution in [0.15, 0.2) is 53.2 Å². The molecule has 2 aromatic heterocycles. The predicted octanol–water partition coefficient (Wildman–Crippen LogP) is 3.47. The first-order valence-corrected chi connectivity index (χ1v) is 14.4. The summed E-state index contributed by atoms with van der Waals surface area (Å²) in [7, 11) is 0. The summed E-state index contributed by atoms with van der Waals surface area (Å²) < 4.78 is 11.8. The minimum absolute atomic E-state index is 0.318. The van der Waals surface area contributed by atoms with E-state index in [0.29, 0.717) is 28.8 Å². The van der Waals surface area contributed by atoms with Crippen LogP contribution >= 0.6 is 0 Å². The van der Waals surface area contributed by atoms with E-state index in [1.54, 1.807) is 33.0 Å². The minimum atomic E-state index is -0.944. The van der Waals surface area contributed by atoms with E-state index in [1.807, 2.05) is 50.2 Å². The Morgan fingerprint density at radius 3 is 2.62 bits per heavy atom. The van der Waals surface area contributed by atoms with Gasteiger partial charge in [0, 0.05) is 0 Å². The monoisotopic (exact) mass is 561 g/mol. The zero-order valence-electron chi connectivity index (χ0n) is 21.3. The number of aryl methyl sites for hydroxylation is 1. The zero-order chi connectivity index (χ0) is 26.4. The molecule has 3 heterocycles. The number of benzene rings is 2. The van der Waals surface area contributed by atoms with E-state index in [9.17, 15) is 9.90 Å². The molecular weight excluding hydrogens is 533 g/mol. The van der Waals surface area contributed by atoms with Crippen molar-refractivity contribution in [3.63, 3.8) is 0 Å². The molecule has 1 aliphatic heterocycles. The van der Waals surface area contributed by atoms with Crippen LogP contribution in [0.1, 0.15) is 60.6 Å². The standard InChI is InChI=1S/C27H28AsN5O4/c1-15-30-23(37-33-15)19-14-29-25(31-17-10-11-18-21(12-17)27(4,5)36-24(18)34)32-22(19)28-13-16-8-6-7-9-20(16)26(2,3)35/h6-12,14,28,35H,13H2,1-5H3,(H,29,31,32). The van der Waals surface area contributed by atoms with Crippen molar-refractivity contribution < 1.29 is 19.2 Å². The molecule has 1 atom stereocenters. The van der Waals surface area contributed by atoms with Crippen molar-refractivity contribution in [1.82, 2.24) is 20.1 Å². The third-order valence-corrected chi connectivity index (χ3v) is 8.83. The number of aromatic nitrogens is 4. The number of carbonyl (C=O) groups is 1. The van der Waals surface area contributed by atoms with Crippen LogP contribution in [0.4, 0.5) is 11.6 Å². The first kappa shape index (κ1) is 25.1. The molecule has 1 aliphatic rings. The number of aliphatic hydroxyl groups is 1. The second-order valence-corrected chi connectivity index (χ2v) is 12.4. The number of hydrogen-bond donors (Lipinski definition) is 2. The van der Waals surface area contributed by atoms with Gasteiger partial charge in [0.1, 0.15) is 0 Å². The second-order valence-electron chi connectivity index (χ2n) is 9.96. The molecule has 0 spiro atoms. The van der Waals surface area contributed by atoms with E-state index >= 15 is 0 Å². The van der Waals surface area contributed by atoms with Gasteiger partial charge in [-0.15, -0.1) is 0 Å². The molecule has 1 unspecified atom stereocenters.